The van der Waals surface area contributed by atoms with E-state index in [1.165, 1.54) is 12.5 Å². The predicted molar refractivity (Wildman–Crippen MR) is 103 cm³/mol. The third kappa shape index (κ3) is 9.95. The van der Waals surface area contributed by atoms with Gasteiger partial charge in [0.05, 0.1) is 0 Å². The Morgan fingerprint density at radius 1 is 0.958 bits per heavy atom. The fourth-order valence-corrected chi connectivity index (χ4v) is 10.1. The molecule has 1 heterocycles. The van der Waals surface area contributed by atoms with Gasteiger partial charge >= 0.3 is 161 Å². The molecular weight excluding hydrogens is 480 g/mol. The summed E-state index contributed by atoms with van der Waals surface area (Å²) in [7, 11) is -5.74. The van der Waals surface area contributed by atoms with Crippen LogP contribution in [0.5, 0.6) is 0 Å². The van der Waals surface area contributed by atoms with Crippen LogP contribution in [0, 0.1) is 0 Å². The molecule has 0 amide bonds. The van der Waals surface area contributed by atoms with Crippen LogP contribution in [0.1, 0.15) is 33.1 Å². The summed E-state index contributed by atoms with van der Waals surface area (Å²) >= 11 is 0.616. The van der Waals surface area contributed by atoms with E-state index in [0.717, 1.165) is 29.9 Å². The summed E-state index contributed by atoms with van der Waals surface area (Å²) in [5, 5.41) is 5.66. The fourth-order valence-electron chi connectivity index (χ4n) is 2.53. The average molecular weight is 509 g/mol. The Bertz CT molecular complexity index is 648. The number of nitrogens with one attached hydrogen (secondary N) is 1. The predicted octanol–water partition coefficient (Wildman–Crippen LogP) is 1.08. The summed E-state index contributed by atoms with van der Waals surface area (Å²) in [4.78, 5) is 0. The molecule has 0 saturated carbocycles. The first-order valence-corrected chi connectivity index (χ1v) is 16.2. The third-order valence-electron chi connectivity index (χ3n) is 3.60. The summed E-state index contributed by atoms with van der Waals surface area (Å²) in [6, 6.07) is 0. The molecule has 2 unspecified atom stereocenters. The molecule has 0 fully saturated rings. The molecule has 2 atom stereocenters. The van der Waals surface area contributed by atoms with E-state index in [0.29, 0.717) is 29.9 Å². The van der Waals surface area contributed by atoms with E-state index in [2.05, 4.69) is 31.3 Å². The van der Waals surface area contributed by atoms with Crippen molar-refractivity contribution >= 4 is 49.6 Å². The van der Waals surface area contributed by atoms with E-state index >= 15 is 0 Å². The molecule has 0 saturated heterocycles. The molecule has 142 valence electrons. The van der Waals surface area contributed by atoms with Crippen LogP contribution in [-0.4, -0.2) is 79.6 Å². The molecule has 24 heavy (non-hydrogen) atoms. The Morgan fingerprint density at radius 2 is 1.46 bits per heavy atom. The number of hydrogen-bond acceptors (Lipinski definition) is 5. The van der Waals surface area contributed by atoms with Gasteiger partial charge in [0.2, 0.25) is 0 Å². The van der Waals surface area contributed by atoms with Gasteiger partial charge in [-0.2, -0.15) is 0 Å². The van der Waals surface area contributed by atoms with Gasteiger partial charge in [0, 0.05) is 0 Å². The molecule has 0 aliphatic carbocycles. The van der Waals surface area contributed by atoms with Crippen LogP contribution >= 0.6 is 0 Å². The van der Waals surface area contributed by atoms with Crippen LogP contribution in [0.15, 0.2) is 12.2 Å². The molecule has 9 heteroatoms. The molecule has 0 aromatic carbocycles. The Labute approximate surface area is 160 Å². The molecule has 5 nitrogen and oxygen atoms in total. The summed E-state index contributed by atoms with van der Waals surface area (Å²) in [6.07, 6.45) is 9.46. The molecule has 1 aliphatic heterocycles. The zero-order valence-corrected chi connectivity index (χ0v) is 19.9. The topological polar surface area (TPSA) is 80.3 Å². The molecule has 1 rings (SSSR count). The van der Waals surface area contributed by atoms with E-state index in [-0.39, 0.29) is 20.4 Å². The van der Waals surface area contributed by atoms with Crippen molar-refractivity contribution in [2.24, 2.45) is 0 Å². The first-order valence-electron chi connectivity index (χ1n) is 7.93. The summed E-state index contributed by atoms with van der Waals surface area (Å²) in [5.74, 6) is 0.536. The SMILES string of the molecule is CC1([Se]CCCS(C)(=O)=O)C=CCC(C)([Se]CCCS(C)(=O)=O)N1. The normalized spacial score (nSPS) is 28.2. The van der Waals surface area contributed by atoms with E-state index in [1.807, 2.05) is 0 Å². The fraction of sp³-hybridized carbons (Fsp3) is 0.867. The van der Waals surface area contributed by atoms with Crippen molar-refractivity contribution in [2.75, 3.05) is 24.0 Å². The van der Waals surface area contributed by atoms with Crippen LogP contribution < -0.4 is 5.32 Å². The van der Waals surface area contributed by atoms with Crippen LogP contribution in [0.4, 0.5) is 0 Å². The van der Waals surface area contributed by atoms with Gasteiger partial charge in [0.15, 0.2) is 0 Å². The number of rotatable bonds is 10. The van der Waals surface area contributed by atoms with Gasteiger partial charge in [-0.15, -0.1) is 0 Å². The molecule has 0 bridgehead atoms. The first kappa shape index (κ1) is 22.7. The molecular formula is C15H29NO4S2Se2. The standard InChI is InChI=1S/C15H29NO4S2Se2/c1-14(23-12-6-10-21(3,17)18)8-5-9-15(2,16-14)24-13-7-11-22(4,19)20/h5,8,16H,6-7,9-13H2,1-4H3. The van der Waals surface area contributed by atoms with Crippen molar-refractivity contribution in [1.82, 2.24) is 5.32 Å². The maximum atomic E-state index is 11.2. The first-order chi connectivity index (χ1) is 10.8. The van der Waals surface area contributed by atoms with Gasteiger partial charge in [-0.05, 0) is 0 Å². The Balaban J connectivity index is 2.45. The third-order valence-corrected chi connectivity index (χ3v) is 11.4. The van der Waals surface area contributed by atoms with Crippen LogP contribution in [0.25, 0.3) is 0 Å². The van der Waals surface area contributed by atoms with Gasteiger partial charge < -0.3 is 0 Å². The van der Waals surface area contributed by atoms with Gasteiger partial charge in [-0.3, -0.25) is 0 Å². The van der Waals surface area contributed by atoms with E-state index in [9.17, 15) is 16.8 Å². The van der Waals surface area contributed by atoms with Crippen LogP contribution in [0.3, 0.4) is 0 Å². The van der Waals surface area contributed by atoms with Crippen molar-refractivity contribution in [3.8, 4) is 0 Å². The van der Waals surface area contributed by atoms with E-state index in [1.54, 1.807) is 0 Å². The van der Waals surface area contributed by atoms with Crippen molar-refractivity contribution in [1.29, 1.82) is 0 Å². The second-order valence-corrected chi connectivity index (χ2v) is 17.8. The molecule has 1 aliphatic rings. The van der Waals surface area contributed by atoms with Gasteiger partial charge in [-0.1, -0.05) is 0 Å². The second-order valence-electron chi connectivity index (χ2n) is 6.73. The van der Waals surface area contributed by atoms with Gasteiger partial charge in [-0.25, -0.2) is 0 Å². The Kier molecular flexibility index (Phi) is 8.53. The minimum absolute atomic E-state index is 0.0455. The molecule has 0 aromatic rings. The zero-order chi connectivity index (χ0) is 18.5. The van der Waals surface area contributed by atoms with E-state index in [4.69, 9.17) is 0 Å². The van der Waals surface area contributed by atoms with E-state index < -0.39 is 19.7 Å². The molecule has 0 spiro atoms. The van der Waals surface area contributed by atoms with Crippen molar-refractivity contribution in [3.63, 3.8) is 0 Å². The van der Waals surface area contributed by atoms with Crippen molar-refractivity contribution in [2.45, 2.75) is 52.6 Å². The van der Waals surface area contributed by atoms with Crippen LogP contribution in [0.2, 0.25) is 10.6 Å². The molecule has 1 N–H and O–H groups in total. The van der Waals surface area contributed by atoms with Gasteiger partial charge in [0.1, 0.15) is 0 Å². The summed E-state index contributed by atoms with van der Waals surface area (Å²) in [5.41, 5.74) is 0. The Hall–Kier alpha value is 0.639. The van der Waals surface area contributed by atoms with Gasteiger partial charge in [0.25, 0.3) is 0 Å². The van der Waals surface area contributed by atoms with Crippen LogP contribution in [-0.2, 0) is 19.7 Å². The molecule has 0 aromatic heterocycles. The number of sulfone groups is 2. The minimum atomic E-state index is -2.87. The average Bonchev–Trinajstić information content (AvgIpc) is 2.38. The summed E-state index contributed by atoms with van der Waals surface area (Å²) < 4.78 is 44.9. The monoisotopic (exact) mass is 511 g/mol. The van der Waals surface area contributed by atoms with Crippen molar-refractivity contribution in [3.05, 3.63) is 12.2 Å². The number of hydrogen-bond donors (Lipinski definition) is 1. The van der Waals surface area contributed by atoms with Crippen molar-refractivity contribution < 1.29 is 16.8 Å². The quantitative estimate of drug-likeness (QED) is 0.271. The summed E-state index contributed by atoms with van der Waals surface area (Å²) in [6.45, 7) is 4.41. The maximum absolute atomic E-state index is 11.2. The second kappa shape index (κ2) is 9.03. The Morgan fingerprint density at radius 3 is 1.96 bits per heavy atom. The molecule has 0 radical (unpaired) electrons. The zero-order valence-electron chi connectivity index (χ0n) is 14.9.